The van der Waals surface area contributed by atoms with Gasteiger partial charge in [-0.3, -0.25) is 0 Å². The standard InChI is InChI=1S/C4H7Br2NO3S/c5-4(6)3(8)2(7)1-11(4,9)10/h2-3,8H,1,7H2/p+1/t2-,3+/m1/s1. The fourth-order valence-electron chi connectivity index (χ4n) is 0.942. The fraction of sp³-hybridized carbons (Fsp3) is 1.00. The Morgan fingerprint density at radius 1 is 1.55 bits per heavy atom. The Balaban J connectivity index is 3.12. The Labute approximate surface area is 81.3 Å². The summed E-state index contributed by atoms with van der Waals surface area (Å²) in [6, 6.07) is -0.473. The summed E-state index contributed by atoms with van der Waals surface area (Å²) in [5.74, 6) is -0.0926. The number of aliphatic hydroxyl groups excluding tert-OH is 1. The van der Waals surface area contributed by atoms with Gasteiger partial charge in [0.15, 0.2) is 9.84 Å². The molecule has 4 N–H and O–H groups in total. The second kappa shape index (κ2) is 2.66. The fourth-order valence-corrected chi connectivity index (χ4v) is 4.01. The normalized spacial score (nSPS) is 40.7. The lowest BCUT2D eigenvalue weighted by molar-refractivity contribution is -0.426. The Bertz CT molecular complexity index is 263. The van der Waals surface area contributed by atoms with Gasteiger partial charge in [0, 0.05) is 0 Å². The second-order valence-electron chi connectivity index (χ2n) is 2.55. The minimum absolute atomic E-state index is 0.0926. The highest BCUT2D eigenvalue weighted by Gasteiger charge is 2.57. The minimum Gasteiger partial charge on any atom is -0.383 e. The molecular formula is C4H8Br2NO3S+. The molecule has 0 aliphatic carbocycles. The highest BCUT2D eigenvalue weighted by molar-refractivity contribution is 9.28. The van der Waals surface area contributed by atoms with Crippen molar-refractivity contribution in [1.82, 2.24) is 0 Å². The van der Waals surface area contributed by atoms with Crippen molar-refractivity contribution < 1.29 is 19.3 Å². The molecular weight excluding hydrogens is 302 g/mol. The summed E-state index contributed by atoms with van der Waals surface area (Å²) in [4.78, 5) is 0. The van der Waals surface area contributed by atoms with E-state index in [0.29, 0.717) is 0 Å². The van der Waals surface area contributed by atoms with Crippen LogP contribution in [0.4, 0.5) is 0 Å². The van der Waals surface area contributed by atoms with Gasteiger partial charge in [-0.2, -0.15) is 0 Å². The van der Waals surface area contributed by atoms with E-state index in [2.05, 4.69) is 37.6 Å². The number of alkyl halides is 2. The van der Waals surface area contributed by atoms with Crippen LogP contribution in [0.1, 0.15) is 0 Å². The van der Waals surface area contributed by atoms with E-state index in [9.17, 15) is 13.5 Å². The summed E-state index contributed by atoms with van der Waals surface area (Å²) < 4.78 is 21.0. The maximum Gasteiger partial charge on any atom is 0.212 e. The highest BCUT2D eigenvalue weighted by Crippen LogP contribution is 2.42. The maximum absolute atomic E-state index is 11.2. The third kappa shape index (κ3) is 1.37. The molecule has 0 aromatic carbocycles. The summed E-state index contributed by atoms with van der Waals surface area (Å²) in [7, 11) is -3.30. The van der Waals surface area contributed by atoms with Crippen LogP contribution in [0.15, 0.2) is 0 Å². The number of rotatable bonds is 0. The summed E-state index contributed by atoms with van der Waals surface area (Å²) in [6.07, 6.45) is -0.993. The quantitative estimate of drug-likeness (QED) is 0.553. The maximum atomic E-state index is 11.2. The molecule has 0 radical (unpaired) electrons. The average Bonchev–Trinajstić information content (AvgIpc) is 1.93. The molecule has 1 heterocycles. The van der Waals surface area contributed by atoms with E-state index < -0.39 is 24.5 Å². The number of hydrogen-bond donors (Lipinski definition) is 2. The molecule has 0 saturated carbocycles. The van der Waals surface area contributed by atoms with E-state index in [1.807, 2.05) is 0 Å². The van der Waals surface area contributed by atoms with Gasteiger partial charge < -0.3 is 10.8 Å². The predicted molar refractivity (Wildman–Crippen MR) is 47.1 cm³/mol. The molecule has 66 valence electrons. The van der Waals surface area contributed by atoms with Crippen LogP contribution in [0.5, 0.6) is 0 Å². The van der Waals surface area contributed by atoms with Crippen molar-refractivity contribution in [2.45, 2.75) is 14.7 Å². The third-order valence-corrected chi connectivity index (χ3v) is 7.47. The molecule has 1 aliphatic heterocycles. The molecule has 0 spiro atoms. The Kier molecular flexibility index (Phi) is 2.40. The third-order valence-electron chi connectivity index (χ3n) is 1.64. The lowest BCUT2D eigenvalue weighted by atomic mass is 10.2. The van der Waals surface area contributed by atoms with Gasteiger partial charge in [0.25, 0.3) is 0 Å². The first-order valence-corrected chi connectivity index (χ1v) is 6.14. The van der Waals surface area contributed by atoms with Gasteiger partial charge in [-0.05, 0) is 0 Å². The second-order valence-corrected chi connectivity index (χ2v) is 9.37. The molecule has 0 amide bonds. The van der Waals surface area contributed by atoms with E-state index in [1.54, 1.807) is 0 Å². The number of halogens is 2. The minimum atomic E-state index is -3.30. The number of hydrogen-bond acceptors (Lipinski definition) is 3. The molecule has 4 nitrogen and oxygen atoms in total. The molecule has 0 aromatic heterocycles. The van der Waals surface area contributed by atoms with Crippen molar-refractivity contribution in [3.05, 3.63) is 0 Å². The van der Waals surface area contributed by atoms with Crippen LogP contribution < -0.4 is 5.73 Å². The number of sulfone groups is 1. The number of aliphatic hydroxyl groups is 1. The first kappa shape index (κ1) is 9.91. The molecule has 1 saturated heterocycles. The first-order valence-electron chi connectivity index (χ1n) is 2.90. The van der Waals surface area contributed by atoms with Crippen molar-refractivity contribution in [2.75, 3.05) is 5.75 Å². The Morgan fingerprint density at radius 3 is 2.09 bits per heavy atom. The summed E-state index contributed by atoms with van der Waals surface area (Å²) in [5.41, 5.74) is 3.52. The van der Waals surface area contributed by atoms with Crippen molar-refractivity contribution in [1.29, 1.82) is 0 Å². The predicted octanol–water partition coefficient (Wildman–Crippen LogP) is -1.17. The van der Waals surface area contributed by atoms with Crippen molar-refractivity contribution in [3.8, 4) is 0 Å². The molecule has 1 aliphatic rings. The Hall–Kier alpha value is 0.830. The van der Waals surface area contributed by atoms with Crippen LogP contribution in [0.3, 0.4) is 0 Å². The van der Waals surface area contributed by atoms with Crippen LogP contribution in [-0.4, -0.2) is 34.0 Å². The van der Waals surface area contributed by atoms with Crippen LogP contribution in [0, 0.1) is 0 Å². The lowest BCUT2D eigenvalue weighted by Gasteiger charge is -2.15. The molecule has 1 fully saturated rings. The van der Waals surface area contributed by atoms with Crippen LogP contribution in [-0.2, 0) is 9.84 Å². The van der Waals surface area contributed by atoms with Crippen molar-refractivity contribution in [2.24, 2.45) is 0 Å². The lowest BCUT2D eigenvalue weighted by Crippen LogP contribution is -2.67. The van der Waals surface area contributed by atoms with Gasteiger partial charge in [-0.25, -0.2) is 8.42 Å². The zero-order valence-electron chi connectivity index (χ0n) is 5.50. The van der Waals surface area contributed by atoms with Gasteiger partial charge in [0.1, 0.15) is 17.9 Å². The Morgan fingerprint density at radius 2 is 2.00 bits per heavy atom. The van der Waals surface area contributed by atoms with E-state index in [-0.39, 0.29) is 5.75 Å². The first-order chi connectivity index (χ1) is 4.79. The highest BCUT2D eigenvalue weighted by atomic mass is 79.9. The molecule has 7 heteroatoms. The van der Waals surface area contributed by atoms with Gasteiger partial charge >= 0.3 is 0 Å². The zero-order chi connectivity index (χ0) is 8.86. The van der Waals surface area contributed by atoms with Gasteiger partial charge in [-0.1, -0.05) is 31.9 Å². The van der Waals surface area contributed by atoms with Crippen LogP contribution in [0.25, 0.3) is 0 Å². The largest absolute Gasteiger partial charge is 0.383 e. The molecule has 11 heavy (non-hydrogen) atoms. The SMILES string of the molecule is [NH3+][C@@H]1CS(=O)(=O)C(Br)(Br)[C@H]1O. The average molecular weight is 310 g/mol. The van der Waals surface area contributed by atoms with Crippen LogP contribution in [0.2, 0.25) is 0 Å². The van der Waals surface area contributed by atoms with E-state index in [0.717, 1.165) is 0 Å². The van der Waals surface area contributed by atoms with Gasteiger partial charge in [0.2, 0.25) is 2.57 Å². The van der Waals surface area contributed by atoms with E-state index in [1.165, 1.54) is 0 Å². The number of quaternary nitrogens is 1. The zero-order valence-corrected chi connectivity index (χ0v) is 9.49. The van der Waals surface area contributed by atoms with E-state index >= 15 is 0 Å². The van der Waals surface area contributed by atoms with Gasteiger partial charge in [-0.15, -0.1) is 0 Å². The summed E-state index contributed by atoms with van der Waals surface area (Å²) >= 11 is 5.82. The van der Waals surface area contributed by atoms with Crippen molar-refractivity contribution in [3.63, 3.8) is 0 Å². The monoisotopic (exact) mass is 308 g/mol. The van der Waals surface area contributed by atoms with Crippen LogP contribution >= 0.6 is 31.9 Å². The van der Waals surface area contributed by atoms with Crippen molar-refractivity contribution >= 4 is 41.7 Å². The summed E-state index contributed by atoms with van der Waals surface area (Å²) in [5, 5.41) is 9.33. The van der Waals surface area contributed by atoms with E-state index in [4.69, 9.17) is 0 Å². The molecule has 0 aromatic rings. The molecule has 1 rings (SSSR count). The van der Waals surface area contributed by atoms with Gasteiger partial charge in [0.05, 0.1) is 0 Å². The molecule has 0 unspecified atom stereocenters. The topological polar surface area (TPSA) is 82.0 Å². The smallest absolute Gasteiger partial charge is 0.212 e. The summed E-state index contributed by atoms with van der Waals surface area (Å²) in [6.45, 7) is 0. The molecule has 2 atom stereocenters. The molecule has 0 bridgehead atoms.